The molecule has 0 aromatic carbocycles. The number of carbonyl (C=O) groups is 2. The lowest BCUT2D eigenvalue weighted by molar-refractivity contribution is -0.147. The Morgan fingerprint density at radius 3 is 2.64 bits per heavy atom. The number of ether oxygens (including phenoxy) is 2. The Labute approximate surface area is 147 Å². The number of allylic oxidation sites excluding steroid dienone is 1. The number of fused-ring (bicyclic) bond motifs is 1. The van der Waals surface area contributed by atoms with Gasteiger partial charge in [0.05, 0.1) is 19.1 Å². The van der Waals surface area contributed by atoms with E-state index in [4.69, 9.17) is 9.47 Å². The van der Waals surface area contributed by atoms with Crippen LogP contribution in [0.1, 0.15) is 26.2 Å². The van der Waals surface area contributed by atoms with Crippen molar-refractivity contribution in [3.63, 3.8) is 0 Å². The number of hydrogen-bond acceptors (Lipinski definition) is 6. The highest BCUT2D eigenvalue weighted by atomic mass is 16.6. The van der Waals surface area contributed by atoms with Crippen LogP contribution in [-0.2, 0) is 19.1 Å². The van der Waals surface area contributed by atoms with Crippen LogP contribution in [0.3, 0.4) is 0 Å². The number of aliphatic hydroxyl groups is 2. The van der Waals surface area contributed by atoms with Gasteiger partial charge in [-0.3, -0.25) is 0 Å². The van der Waals surface area contributed by atoms with E-state index in [1.54, 1.807) is 6.08 Å². The molecule has 1 fully saturated rings. The van der Waals surface area contributed by atoms with Crippen molar-refractivity contribution >= 4 is 11.9 Å². The van der Waals surface area contributed by atoms with Gasteiger partial charge in [-0.2, -0.15) is 0 Å². The molecule has 0 radical (unpaired) electrons. The van der Waals surface area contributed by atoms with Gasteiger partial charge in [0.15, 0.2) is 0 Å². The first-order chi connectivity index (χ1) is 11.9. The fourth-order valence-electron chi connectivity index (χ4n) is 3.04. The van der Waals surface area contributed by atoms with Crippen molar-refractivity contribution in [1.82, 2.24) is 0 Å². The maximum Gasteiger partial charge on any atom is 0.334 e. The van der Waals surface area contributed by atoms with E-state index in [1.807, 2.05) is 6.08 Å². The number of rotatable bonds is 4. The van der Waals surface area contributed by atoms with Crippen LogP contribution < -0.4 is 0 Å². The molecule has 0 aromatic rings. The van der Waals surface area contributed by atoms with Crippen LogP contribution in [0.4, 0.5) is 0 Å². The summed E-state index contributed by atoms with van der Waals surface area (Å²) in [5.74, 6) is -1.70. The minimum Gasteiger partial charge on any atom is -0.458 e. The molecule has 0 bridgehead atoms. The molecule has 136 valence electrons. The zero-order chi connectivity index (χ0) is 18.6. The predicted molar refractivity (Wildman–Crippen MR) is 91.4 cm³/mol. The molecule has 6 heteroatoms. The van der Waals surface area contributed by atoms with Gasteiger partial charge in [0.1, 0.15) is 12.2 Å². The predicted octanol–water partition coefficient (Wildman–Crippen LogP) is 1.59. The van der Waals surface area contributed by atoms with Crippen molar-refractivity contribution in [3.05, 3.63) is 47.6 Å². The molecule has 0 spiro atoms. The van der Waals surface area contributed by atoms with Crippen LogP contribution in [0.2, 0.25) is 0 Å². The number of esters is 2. The third-order valence-corrected chi connectivity index (χ3v) is 4.44. The minimum atomic E-state index is -0.721. The summed E-state index contributed by atoms with van der Waals surface area (Å²) in [6, 6.07) is 0. The first-order valence-corrected chi connectivity index (χ1v) is 8.22. The molecule has 25 heavy (non-hydrogen) atoms. The lowest BCUT2D eigenvalue weighted by Gasteiger charge is -2.27. The fraction of sp³-hybridized carbons (Fsp3) is 0.474. The summed E-state index contributed by atoms with van der Waals surface area (Å²) in [5.41, 5.74) is 1.88. The standard InChI is InChI=1S/C19H24O6/c1-11(2)18(22)24-15-7-13(9-20)5-4-6-14(10-21)8-16-17(15)12(3)19(23)25-16/h5,8,15-17,20-21H,1,3-4,6-7,9-10H2,2H3/b13-5+,14-8-/t15-,16-,17+/m1/s1. The van der Waals surface area contributed by atoms with Gasteiger partial charge in [-0.15, -0.1) is 0 Å². The van der Waals surface area contributed by atoms with Crippen molar-refractivity contribution in [3.8, 4) is 0 Å². The van der Waals surface area contributed by atoms with E-state index >= 15 is 0 Å². The van der Waals surface area contributed by atoms with E-state index in [-0.39, 0.29) is 30.8 Å². The molecule has 1 heterocycles. The van der Waals surface area contributed by atoms with Gasteiger partial charge in [-0.05, 0) is 37.0 Å². The smallest absolute Gasteiger partial charge is 0.334 e. The van der Waals surface area contributed by atoms with E-state index in [0.29, 0.717) is 18.4 Å². The average molecular weight is 348 g/mol. The number of carbonyl (C=O) groups excluding carboxylic acids is 2. The van der Waals surface area contributed by atoms with Gasteiger partial charge in [0.25, 0.3) is 0 Å². The van der Waals surface area contributed by atoms with E-state index < -0.39 is 30.1 Å². The van der Waals surface area contributed by atoms with E-state index in [1.165, 1.54) is 6.92 Å². The van der Waals surface area contributed by atoms with Crippen molar-refractivity contribution in [1.29, 1.82) is 0 Å². The molecule has 0 aromatic heterocycles. The first-order valence-electron chi connectivity index (χ1n) is 8.22. The third-order valence-electron chi connectivity index (χ3n) is 4.44. The van der Waals surface area contributed by atoms with Crippen LogP contribution in [0.15, 0.2) is 47.6 Å². The summed E-state index contributed by atoms with van der Waals surface area (Å²) >= 11 is 0. The molecule has 1 saturated heterocycles. The van der Waals surface area contributed by atoms with Gasteiger partial charge in [-0.25, -0.2) is 9.59 Å². The largest absolute Gasteiger partial charge is 0.458 e. The third kappa shape index (κ3) is 4.46. The summed E-state index contributed by atoms with van der Waals surface area (Å²) in [6.45, 7) is 8.56. The highest BCUT2D eigenvalue weighted by Crippen LogP contribution is 2.36. The van der Waals surface area contributed by atoms with E-state index in [0.717, 1.165) is 5.57 Å². The molecular formula is C19H24O6. The van der Waals surface area contributed by atoms with Gasteiger partial charge in [0.2, 0.25) is 0 Å². The topological polar surface area (TPSA) is 93.1 Å². The Hall–Kier alpha value is -2.18. The molecule has 0 amide bonds. The second kappa shape index (κ2) is 8.27. The molecule has 1 aliphatic heterocycles. The van der Waals surface area contributed by atoms with Crippen molar-refractivity contribution in [2.75, 3.05) is 13.2 Å². The molecule has 0 unspecified atom stereocenters. The summed E-state index contributed by atoms with van der Waals surface area (Å²) in [7, 11) is 0. The van der Waals surface area contributed by atoms with Crippen molar-refractivity contribution < 1.29 is 29.3 Å². The molecule has 2 rings (SSSR count). The SMILES string of the molecule is C=C(C)C(=O)O[C@@H]1C/C(CO)=C\CC/C(CO)=C/[C@H]2OC(=O)C(=C)[C@H]21. The maximum absolute atomic E-state index is 12.0. The normalized spacial score (nSPS) is 31.1. The Balaban J connectivity index is 2.43. The van der Waals surface area contributed by atoms with E-state index in [9.17, 15) is 19.8 Å². The molecule has 3 atom stereocenters. The lowest BCUT2D eigenvalue weighted by Crippen LogP contribution is -2.34. The van der Waals surface area contributed by atoms with Crippen molar-refractivity contribution in [2.45, 2.75) is 38.4 Å². The second-order valence-electron chi connectivity index (χ2n) is 6.39. The molecule has 2 aliphatic rings. The Morgan fingerprint density at radius 2 is 2.04 bits per heavy atom. The maximum atomic E-state index is 12.0. The summed E-state index contributed by atoms with van der Waals surface area (Å²) in [6.07, 6.45) is 3.67. The minimum absolute atomic E-state index is 0.161. The summed E-state index contributed by atoms with van der Waals surface area (Å²) < 4.78 is 10.9. The van der Waals surface area contributed by atoms with Crippen LogP contribution in [0.25, 0.3) is 0 Å². The van der Waals surface area contributed by atoms with Crippen LogP contribution in [0.5, 0.6) is 0 Å². The van der Waals surface area contributed by atoms with Crippen LogP contribution in [0, 0.1) is 5.92 Å². The highest BCUT2D eigenvalue weighted by molar-refractivity contribution is 5.91. The van der Waals surface area contributed by atoms with Gasteiger partial charge >= 0.3 is 11.9 Å². The van der Waals surface area contributed by atoms with Crippen LogP contribution >= 0.6 is 0 Å². The quantitative estimate of drug-likeness (QED) is 0.455. The molecule has 1 aliphatic carbocycles. The van der Waals surface area contributed by atoms with E-state index in [2.05, 4.69) is 13.2 Å². The Bertz CT molecular complexity index is 642. The van der Waals surface area contributed by atoms with Gasteiger partial charge in [0, 0.05) is 17.6 Å². The fourth-order valence-corrected chi connectivity index (χ4v) is 3.04. The molecular weight excluding hydrogens is 324 g/mol. The number of hydrogen-bond donors (Lipinski definition) is 2. The monoisotopic (exact) mass is 348 g/mol. The zero-order valence-corrected chi connectivity index (χ0v) is 14.4. The molecule has 2 N–H and O–H groups in total. The highest BCUT2D eigenvalue weighted by Gasteiger charge is 2.44. The Kier molecular flexibility index (Phi) is 6.33. The second-order valence-corrected chi connectivity index (χ2v) is 6.39. The first kappa shape index (κ1) is 19.1. The summed E-state index contributed by atoms with van der Waals surface area (Å²) in [5, 5.41) is 19.1. The molecule has 6 nitrogen and oxygen atoms in total. The summed E-state index contributed by atoms with van der Waals surface area (Å²) in [4.78, 5) is 24.1. The average Bonchev–Trinajstić information content (AvgIpc) is 2.85. The van der Waals surface area contributed by atoms with Crippen molar-refractivity contribution in [2.24, 2.45) is 5.92 Å². The molecule has 0 saturated carbocycles. The van der Waals surface area contributed by atoms with Gasteiger partial charge in [-0.1, -0.05) is 19.2 Å². The lowest BCUT2D eigenvalue weighted by atomic mass is 9.85. The zero-order valence-electron chi connectivity index (χ0n) is 14.4. The van der Waals surface area contributed by atoms with Crippen LogP contribution in [-0.4, -0.2) is 47.6 Å². The van der Waals surface area contributed by atoms with Gasteiger partial charge < -0.3 is 19.7 Å². The number of aliphatic hydroxyl groups excluding tert-OH is 2. The Morgan fingerprint density at radius 1 is 1.36 bits per heavy atom.